The van der Waals surface area contributed by atoms with E-state index < -0.39 is 5.54 Å². The Morgan fingerprint density at radius 2 is 2.11 bits per heavy atom. The zero-order valence-electron chi connectivity index (χ0n) is 11.7. The van der Waals surface area contributed by atoms with Crippen LogP contribution in [0.25, 0.3) is 0 Å². The fourth-order valence-electron chi connectivity index (χ4n) is 1.82. The van der Waals surface area contributed by atoms with Gasteiger partial charge in [0.1, 0.15) is 11.3 Å². The monoisotopic (exact) mass is 246 g/mol. The highest BCUT2D eigenvalue weighted by Gasteiger charge is 2.14. The van der Waals surface area contributed by atoms with Gasteiger partial charge in [-0.05, 0) is 43.9 Å². The number of ether oxygens (including phenoxy) is 1. The molecule has 3 heteroatoms. The molecule has 18 heavy (non-hydrogen) atoms. The first kappa shape index (κ1) is 14.5. The first-order valence-electron chi connectivity index (χ1n) is 6.34. The highest BCUT2D eigenvalue weighted by Crippen LogP contribution is 2.20. The third-order valence-corrected chi connectivity index (χ3v) is 2.99. The molecule has 0 saturated heterocycles. The van der Waals surface area contributed by atoms with E-state index in [4.69, 9.17) is 10.00 Å². The van der Waals surface area contributed by atoms with Crippen LogP contribution >= 0.6 is 0 Å². The third-order valence-electron chi connectivity index (χ3n) is 2.99. The number of hydrogen-bond donors (Lipinski definition) is 1. The van der Waals surface area contributed by atoms with Gasteiger partial charge >= 0.3 is 0 Å². The van der Waals surface area contributed by atoms with Crippen molar-refractivity contribution in [2.45, 2.75) is 39.2 Å². The number of benzene rings is 1. The Morgan fingerprint density at radius 3 is 2.67 bits per heavy atom. The molecule has 0 aromatic heterocycles. The quantitative estimate of drug-likeness (QED) is 0.839. The van der Waals surface area contributed by atoms with Gasteiger partial charge in [-0.3, -0.25) is 5.32 Å². The van der Waals surface area contributed by atoms with Crippen LogP contribution in [0, 0.1) is 11.3 Å². The van der Waals surface area contributed by atoms with Crippen LogP contribution in [0.15, 0.2) is 18.2 Å². The smallest absolute Gasteiger partial charge is 0.122 e. The van der Waals surface area contributed by atoms with Crippen molar-refractivity contribution in [3.63, 3.8) is 0 Å². The lowest BCUT2D eigenvalue weighted by Crippen LogP contribution is -2.38. The Kier molecular flexibility index (Phi) is 5.18. The molecule has 0 spiro atoms. The molecule has 1 aromatic rings. The van der Waals surface area contributed by atoms with Crippen molar-refractivity contribution < 1.29 is 4.74 Å². The lowest BCUT2D eigenvalue weighted by Gasteiger charge is -2.17. The molecule has 0 unspecified atom stereocenters. The maximum atomic E-state index is 8.91. The summed E-state index contributed by atoms with van der Waals surface area (Å²) < 4.78 is 5.31. The fraction of sp³-hybridized carbons (Fsp3) is 0.533. The van der Waals surface area contributed by atoms with Crippen LogP contribution in [0.1, 0.15) is 31.9 Å². The number of aryl methyl sites for hydroxylation is 1. The Balaban J connectivity index is 2.61. The average Bonchev–Trinajstić information content (AvgIpc) is 2.38. The maximum Gasteiger partial charge on any atom is 0.122 e. The topological polar surface area (TPSA) is 45.0 Å². The first-order valence-corrected chi connectivity index (χ1v) is 6.34. The molecular weight excluding hydrogens is 224 g/mol. The summed E-state index contributed by atoms with van der Waals surface area (Å²) in [5.74, 6) is 0.951. The number of rotatable bonds is 6. The molecule has 98 valence electrons. The molecule has 0 aliphatic rings. The predicted molar refractivity (Wildman–Crippen MR) is 73.8 cm³/mol. The summed E-state index contributed by atoms with van der Waals surface area (Å²) in [6.07, 6.45) is 1.89. The molecule has 0 aliphatic carbocycles. The van der Waals surface area contributed by atoms with Crippen LogP contribution < -0.4 is 10.1 Å². The summed E-state index contributed by atoms with van der Waals surface area (Å²) in [5, 5.41) is 12.1. The highest BCUT2D eigenvalue weighted by molar-refractivity contribution is 5.37. The largest absolute Gasteiger partial charge is 0.496 e. The zero-order chi connectivity index (χ0) is 13.6. The molecule has 0 aliphatic heterocycles. The van der Waals surface area contributed by atoms with Crippen molar-refractivity contribution >= 4 is 0 Å². The SMILES string of the molecule is CCc1cc(CCNC(C)(C)C#N)ccc1OC. The number of hydrogen-bond acceptors (Lipinski definition) is 3. The van der Waals surface area contributed by atoms with Crippen molar-refractivity contribution in [2.24, 2.45) is 0 Å². The van der Waals surface area contributed by atoms with Crippen molar-refractivity contribution in [2.75, 3.05) is 13.7 Å². The van der Waals surface area contributed by atoms with Crippen LogP contribution in [0.5, 0.6) is 5.75 Å². The van der Waals surface area contributed by atoms with E-state index in [1.54, 1.807) is 7.11 Å². The van der Waals surface area contributed by atoms with Gasteiger partial charge in [-0.1, -0.05) is 19.1 Å². The molecular formula is C15H22N2O. The van der Waals surface area contributed by atoms with Crippen molar-refractivity contribution in [1.82, 2.24) is 5.32 Å². The van der Waals surface area contributed by atoms with E-state index in [2.05, 4.69) is 30.4 Å². The second-order valence-electron chi connectivity index (χ2n) is 4.91. The number of nitriles is 1. The molecule has 0 fully saturated rings. The van der Waals surface area contributed by atoms with Gasteiger partial charge < -0.3 is 4.74 Å². The second-order valence-corrected chi connectivity index (χ2v) is 4.91. The first-order chi connectivity index (χ1) is 8.52. The third kappa shape index (κ3) is 4.05. The molecule has 3 nitrogen and oxygen atoms in total. The van der Waals surface area contributed by atoms with Crippen LogP contribution in [0.2, 0.25) is 0 Å². The molecule has 1 aromatic carbocycles. The van der Waals surface area contributed by atoms with Crippen molar-refractivity contribution in [1.29, 1.82) is 5.26 Å². The molecule has 1 rings (SSSR count). The number of nitrogens with one attached hydrogen (secondary N) is 1. The van der Waals surface area contributed by atoms with Crippen LogP contribution in [0.3, 0.4) is 0 Å². The molecule has 0 radical (unpaired) electrons. The summed E-state index contributed by atoms with van der Waals surface area (Å²) in [6, 6.07) is 8.52. The van der Waals surface area contributed by atoms with Gasteiger partial charge in [0.05, 0.1) is 13.2 Å². The zero-order valence-corrected chi connectivity index (χ0v) is 11.7. The minimum absolute atomic E-state index is 0.458. The van der Waals surface area contributed by atoms with Gasteiger partial charge in [-0.25, -0.2) is 0 Å². The molecule has 1 N–H and O–H groups in total. The summed E-state index contributed by atoms with van der Waals surface area (Å²) in [7, 11) is 1.70. The lowest BCUT2D eigenvalue weighted by molar-refractivity contribution is 0.410. The maximum absolute atomic E-state index is 8.91. The standard InChI is InChI=1S/C15H22N2O/c1-5-13-10-12(6-7-14(13)18-4)8-9-17-15(2,3)11-16/h6-7,10,17H,5,8-9H2,1-4H3. The Morgan fingerprint density at radius 1 is 1.39 bits per heavy atom. The van der Waals surface area contributed by atoms with Gasteiger partial charge in [-0.2, -0.15) is 5.26 Å². The Labute approximate surface area is 110 Å². The average molecular weight is 246 g/mol. The lowest BCUT2D eigenvalue weighted by atomic mass is 10.0. The summed E-state index contributed by atoms with van der Waals surface area (Å²) in [4.78, 5) is 0. The van der Waals surface area contributed by atoms with E-state index in [-0.39, 0.29) is 0 Å². The molecule has 0 saturated carbocycles. The van der Waals surface area contributed by atoms with E-state index in [1.807, 2.05) is 19.9 Å². The normalized spacial score (nSPS) is 11.1. The summed E-state index contributed by atoms with van der Waals surface area (Å²) >= 11 is 0. The highest BCUT2D eigenvalue weighted by atomic mass is 16.5. The van der Waals surface area contributed by atoms with Gasteiger partial charge in [0.15, 0.2) is 0 Å². The summed E-state index contributed by atoms with van der Waals surface area (Å²) in [6.45, 7) is 6.70. The molecule has 0 bridgehead atoms. The van der Waals surface area contributed by atoms with E-state index in [1.165, 1.54) is 11.1 Å². The molecule has 0 heterocycles. The van der Waals surface area contributed by atoms with E-state index >= 15 is 0 Å². The van der Waals surface area contributed by atoms with Crippen LogP contribution in [-0.4, -0.2) is 19.2 Å². The van der Waals surface area contributed by atoms with Crippen molar-refractivity contribution in [3.05, 3.63) is 29.3 Å². The van der Waals surface area contributed by atoms with E-state index in [0.29, 0.717) is 0 Å². The predicted octanol–water partition coefficient (Wildman–Crippen LogP) is 2.69. The van der Waals surface area contributed by atoms with Gasteiger partial charge in [0.2, 0.25) is 0 Å². The van der Waals surface area contributed by atoms with Crippen LogP contribution in [-0.2, 0) is 12.8 Å². The number of methoxy groups -OCH3 is 1. The Hall–Kier alpha value is -1.53. The van der Waals surface area contributed by atoms with Gasteiger partial charge in [-0.15, -0.1) is 0 Å². The minimum Gasteiger partial charge on any atom is -0.496 e. The summed E-state index contributed by atoms with van der Waals surface area (Å²) in [5.41, 5.74) is 2.04. The van der Waals surface area contributed by atoms with Crippen LogP contribution in [0.4, 0.5) is 0 Å². The van der Waals surface area contributed by atoms with Gasteiger partial charge in [0, 0.05) is 6.54 Å². The fourth-order valence-corrected chi connectivity index (χ4v) is 1.82. The molecule has 0 atom stereocenters. The van der Waals surface area contributed by atoms with E-state index in [9.17, 15) is 0 Å². The number of nitrogens with zero attached hydrogens (tertiary/aromatic N) is 1. The molecule has 0 amide bonds. The van der Waals surface area contributed by atoms with Gasteiger partial charge in [0.25, 0.3) is 0 Å². The van der Waals surface area contributed by atoms with Crippen molar-refractivity contribution in [3.8, 4) is 11.8 Å². The second kappa shape index (κ2) is 6.42. The van der Waals surface area contributed by atoms with E-state index in [0.717, 1.165) is 25.1 Å². The minimum atomic E-state index is -0.458. The Bertz CT molecular complexity index is 433.